The number of piperidine rings is 1. The molecule has 3 aliphatic heterocycles. The average Bonchev–Trinajstić information content (AvgIpc) is 3.75. The number of imidazole rings is 1. The van der Waals surface area contributed by atoms with Crippen LogP contribution in [0, 0.1) is 0 Å². The van der Waals surface area contributed by atoms with E-state index in [2.05, 4.69) is 27.1 Å². The number of fused-ring (bicyclic) bond motifs is 3. The number of carbonyl (C=O) groups excluding carboxylic acids is 5. The van der Waals surface area contributed by atoms with Gasteiger partial charge in [0.2, 0.25) is 17.7 Å². The minimum absolute atomic E-state index is 0.0372. The van der Waals surface area contributed by atoms with Gasteiger partial charge in [0.25, 0.3) is 11.8 Å². The summed E-state index contributed by atoms with van der Waals surface area (Å²) in [6.45, 7) is 6.81. The molecule has 14 heteroatoms. The van der Waals surface area contributed by atoms with Crippen molar-refractivity contribution in [2.45, 2.75) is 65.7 Å². The fourth-order valence-corrected chi connectivity index (χ4v) is 7.88. The number of aryl methyl sites for hydroxylation is 1. The Bertz CT molecular complexity index is 2510. The van der Waals surface area contributed by atoms with E-state index in [9.17, 15) is 24.0 Å². The maximum atomic E-state index is 15.6. The molecule has 3 aliphatic rings. The van der Waals surface area contributed by atoms with E-state index < -0.39 is 30.2 Å². The van der Waals surface area contributed by atoms with Gasteiger partial charge in [0, 0.05) is 73.9 Å². The summed E-state index contributed by atoms with van der Waals surface area (Å²) in [6.07, 6.45) is 4.50. The smallest absolute Gasteiger partial charge is 0.270 e. The Morgan fingerprint density at radius 2 is 1.77 bits per heavy atom. The third-order valence-corrected chi connectivity index (χ3v) is 11.0. The van der Waals surface area contributed by atoms with E-state index in [0.717, 1.165) is 40.0 Å². The number of pyridine rings is 2. The van der Waals surface area contributed by atoms with E-state index in [4.69, 9.17) is 9.97 Å². The Labute approximate surface area is 321 Å². The number of imide groups is 1. The molecule has 1 saturated heterocycles. The summed E-state index contributed by atoms with van der Waals surface area (Å²) in [6, 6.07) is 15.5. The van der Waals surface area contributed by atoms with Crippen LogP contribution < -0.4 is 10.6 Å². The lowest BCUT2D eigenvalue weighted by Crippen LogP contribution is -2.52. The lowest BCUT2D eigenvalue weighted by molar-refractivity contribution is -0.137. The number of aromatic nitrogens is 4. The second kappa shape index (κ2) is 14.6. The lowest BCUT2D eigenvalue weighted by Gasteiger charge is -2.29. The van der Waals surface area contributed by atoms with E-state index in [1.807, 2.05) is 35.4 Å². The van der Waals surface area contributed by atoms with Crippen molar-refractivity contribution in [3.63, 3.8) is 0 Å². The molecule has 1 atom stereocenters. The van der Waals surface area contributed by atoms with Gasteiger partial charge in [-0.1, -0.05) is 37.3 Å². The van der Waals surface area contributed by atoms with Gasteiger partial charge in [-0.2, -0.15) is 0 Å². The molecule has 1 fully saturated rings. The number of rotatable bonds is 8. The first-order valence-corrected chi connectivity index (χ1v) is 18.6. The molecule has 1 unspecified atom stereocenters. The van der Waals surface area contributed by atoms with Crippen molar-refractivity contribution in [1.29, 1.82) is 0 Å². The highest BCUT2D eigenvalue weighted by Gasteiger charge is 2.40. The number of amides is 5. The number of benzene rings is 2. The molecule has 0 aliphatic carbocycles. The highest BCUT2D eigenvalue weighted by Crippen LogP contribution is 2.36. The van der Waals surface area contributed by atoms with Crippen LogP contribution in [0.15, 0.2) is 72.8 Å². The topological polar surface area (TPSA) is 159 Å². The van der Waals surface area contributed by atoms with Crippen molar-refractivity contribution in [2.24, 2.45) is 0 Å². The van der Waals surface area contributed by atoms with E-state index >= 15 is 4.39 Å². The van der Waals surface area contributed by atoms with Gasteiger partial charge in [-0.05, 0) is 59.7 Å². The van der Waals surface area contributed by atoms with Crippen LogP contribution in [0.4, 0.5) is 4.39 Å². The van der Waals surface area contributed by atoms with E-state index in [0.29, 0.717) is 47.6 Å². The van der Waals surface area contributed by atoms with Crippen molar-refractivity contribution in [1.82, 2.24) is 40.0 Å². The molecule has 2 N–H and O–H groups in total. The number of hydrogen-bond donors (Lipinski definition) is 2. The third-order valence-electron chi connectivity index (χ3n) is 11.0. The number of halogens is 1. The normalized spacial score (nSPS) is 17.1. The van der Waals surface area contributed by atoms with Gasteiger partial charge in [0.15, 0.2) is 0 Å². The van der Waals surface area contributed by atoms with Gasteiger partial charge >= 0.3 is 0 Å². The molecule has 5 aromatic rings. The predicted octanol–water partition coefficient (Wildman–Crippen LogP) is 4.98. The Morgan fingerprint density at radius 3 is 2.52 bits per heavy atom. The summed E-state index contributed by atoms with van der Waals surface area (Å²) < 4.78 is 17.8. The van der Waals surface area contributed by atoms with Crippen molar-refractivity contribution in [2.75, 3.05) is 13.1 Å². The Balaban J connectivity index is 0.963. The Hall–Kier alpha value is -6.57. The van der Waals surface area contributed by atoms with Crippen LogP contribution in [0.25, 0.3) is 38.9 Å². The molecule has 0 spiro atoms. The molecule has 2 aromatic carbocycles. The minimum atomic E-state index is -0.785. The van der Waals surface area contributed by atoms with Crippen molar-refractivity contribution in [3.8, 4) is 22.5 Å². The zero-order valence-electron chi connectivity index (χ0n) is 31.2. The molecular formula is C42H39FN8O5. The van der Waals surface area contributed by atoms with Crippen LogP contribution in [0.1, 0.15) is 77.1 Å². The van der Waals surface area contributed by atoms with Crippen LogP contribution in [-0.2, 0) is 40.4 Å². The zero-order valence-corrected chi connectivity index (χ0v) is 31.2. The highest BCUT2D eigenvalue weighted by atomic mass is 19.1. The minimum Gasteiger partial charge on any atom is -0.344 e. The van der Waals surface area contributed by atoms with Crippen LogP contribution >= 0.6 is 0 Å². The van der Waals surface area contributed by atoms with E-state index in [1.54, 1.807) is 50.4 Å². The molecule has 5 amide bonds. The molecule has 13 nitrogen and oxygen atoms in total. The second-order valence-corrected chi connectivity index (χ2v) is 14.2. The standard InChI is InChI=1S/C42H39FN8O5/c1-4-37-47-39(36-22-49(24(3)52)15-16-50(36)37)28-9-5-7-25-17-34(45-19-30(25)28)26-11-12-33(44-18-26)40(54)46-20-32(43)23(2)27-8-6-10-29-31(27)21-51(42(29)56)35-13-14-38(53)48-41(35)55/h5-12,17-19,35H,4,13-16,20-22H2,1-3H3,(H,46,54)(H,48,53,55)/b32-23-. The van der Waals surface area contributed by atoms with Crippen molar-refractivity contribution < 1.29 is 28.4 Å². The number of nitrogens with zero attached hydrogens (tertiary/aromatic N) is 6. The van der Waals surface area contributed by atoms with E-state index in [-0.39, 0.29) is 48.4 Å². The fourth-order valence-electron chi connectivity index (χ4n) is 7.88. The largest absolute Gasteiger partial charge is 0.344 e. The van der Waals surface area contributed by atoms with Crippen LogP contribution in [0.3, 0.4) is 0 Å². The molecule has 284 valence electrons. The van der Waals surface area contributed by atoms with E-state index in [1.165, 1.54) is 4.90 Å². The maximum absolute atomic E-state index is 15.6. The number of hydrogen-bond acceptors (Lipinski definition) is 8. The fraction of sp³-hybridized carbons (Fsp3) is 0.286. The summed E-state index contributed by atoms with van der Waals surface area (Å²) in [4.78, 5) is 80.0. The van der Waals surface area contributed by atoms with Gasteiger partial charge in [0.05, 0.1) is 30.2 Å². The molecule has 0 saturated carbocycles. The third kappa shape index (κ3) is 6.50. The van der Waals surface area contributed by atoms with Gasteiger partial charge in [0.1, 0.15) is 23.4 Å². The lowest BCUT2D eigenvalue weighted by atomic mass is 9.97. The molecule has 56 heavy (non-hydrogen) atoms. The predicted molar refractivity (Wildman–Crippen MR) is 205 cm³/mol. The van der Waals surface area contributed by atoms with Crippen LogP contribution in [-0.4, -0.2) is 78.0 Å². The summed E-state index contributed by atoms with van der Waals surface area (Å²) in [5.41, 5.74) is 5.98. The van der Waals surface area contributed by atoms with Gasteiger partial charge in [-0.3, -0.25) is 39.3 Å². The quantitative estimate of drug-likeness (QED) is 0.210. The SMILES string of the molecule is CCc1nc(-c2cccc3cc(-c4ccc(C(=O)NC/C(F)=C(\C)c5cccc6c5CN(C5CCC(=O)NC5=O)C6=O)nc4)ncc23)c2n1CCN(C(C)=O)C2. The van der Waals surface area contributed by atoms with Crippen molar-refractivity contribution in [3.05, 3.63) is 107 Å². The molecule has 3 aromatic heterocycles. The monoisotopic (exact) mass is 754 g/mol. The molecule has 6 heterocycles. The first-order chi connectivity index (χ1) is 27.0. The number of carbonyl (C=O) groups is 5. The first kappa shape index (κ1) is 36.4. The van der Waals surface area contributed by atoms with Crippen molar-refractivity contribution >= 4 is 45.9 Å². The number of allylic oxidation sites excluding steroid dienone is 1. The van der Waals surface area contributed by atoms with Gasteiger partial charge in [-0.25, -0.2) is 9.37 Å². The summed E-state index contributed by atoms with van der Waals surface area (Å²) in [5.74, 6) is -1.37. The Kier molecular flexibility index (Phi) is 9.48. The maximum Gasteiger partial charge on any atom is 0.270 e. The van der Waals surface area contributed by atoms with Gasteiger partial charge in [-0.15, -0.1) is 0 Å². The molecule has 0 bridgehead atoms. The van der Waals surface area contributed by atoms with Crippen LogP contribution in [0.2, 0.25) is 0 Å². The first-order valence-electron chi connectivity index (χ1n) is 18.6. The highest BCUT2D eigenvalue weighted by molar-refractivity contribution is 6.06. The Morgan fingerprint density at radius 1 is 0.964 bits per heavy atom. The molecular weight excluding hydrogens is 716 g/mol. The summed E-state index contributed by atoms with van der Waals surface area (Å²) in [7, 11) is 0. The molecule has 8 rings (SSSR count). The summed E-state index contributed by atoms with van der Waals surface area (Å²) >= 11 is 0. The zero-order chi connectivity index (χ0) is 39.2. The number of nitrogens with one attached hydrogen (secondary N) is 2. The molecule has 0 radical (unpaired) electrons. The van der Waals surface area contributed by atoms with Gasteiger partial charge < -0.3 is 19.7 Å². The van der Waals surface area contributed by atoms with Crippen LogP contribution in [0.5, 0.6) is 0 Å². The summed E-state index contributed by atoms with van der Waals surface area (Å²) in [5, 5.41) is 6.75. The second-order valence-electron chi connectivity index (χ2n) is 14.2. The average molecular weight is 755 g/mol.